The van der Waals surface area contributed by atoms with Gasteiger partial charge in [0, 0.05) is 17.8 Å². The molecular weight excluding hydrogens is 467 g/mol. The summed E-state index contributed by atoms with van der Waals surface area (Å²) in [6.07, 6.45) is 1.63. The standard InChI is InChI=1S/C28H22F3N3O2/c29-20-11-18(12-21(30)16-20)13-25(34-26(35)14-17-5-2-1-3-6-17)27-22(7-4-10-33-27)19-8-9-24(31)23(15-19)28(32)36/h1-12,15-16,25H,13-14H2,(H2,32,36)(H,34,35)/t25-/m0/s1. The van der Waals surface area contributed by atoms with Gasteiger partial charge in [-0.25, -0.2) is 13.2 Å². The molecule has 3 aromatic carbocycles. The van der Waals surface area contributed by atoms with Crippen LogP contribution >= 0.6 is 0 Å². The Bertz CT molecular complexity index is 1390. The summed E-state index contributed by atoms with van der Waals surface area (Å²) in [6, 6.07) is 18.7. The van der Waals surface area contributed by atoms with Crippen molar-refractivity contribution < 1.29 is 22.8 Å². The Morgan fingerprint density at radius 2 is 1.58 bits per heavy atom. The lowest BCUT2D eigenvalue weighted by Gasteiger charge is -2.22. The summed E-state index contributed by atoms with van der Waals surface area (Å²) in [5.41, 5.74) is 7.44. The van der Waals surface area contributed by atoms with Gasteiger partial charge in [0.05, 0.1) is 23.7 Å². The molecule has 0 aliphatic rings. The van der Waals surface area contributed by atoms with Crippen LogP contribution < -0.4 is 11.1 Å². The molecular formula is C28H22F3N3O2. The van der Waals surface area contributed by atoms with Crippen LogP contribution in [0.15, 0.2) is 85.1 Å². The first-order valence-electron chi connectivity index (χ1n) is 11.1. The highest BCUT2D eigenvalue weighted by Gasteiger charge is 2.22. The first-order chi connectivity index (χ1) is 17.3. The zero-order chi connectivity index (χ0) is 25.7. The van der Waals surface area contributed by atoms with Crippen molar-refractivity contribution in [2.45, 2.75) is 18.9 Å². The van der Waals surface area contributed by atoms with Crippen molar-refractivity contribution in [3.05, 3.63) is 125 Å². The maximum atomic E-state index is 14.1. The lowest BCUT2D eigenvalue weighted by molar-refractivity contribution is -0.121. The topological polar surface area (TPSA) is 85.1 Å². The molecule has 0 radical (unpaired) electrons. The zero-order valence-corrected chi connectivity index (χ0v) is 19.0. The van der Waals surface area contributed by atoms with E-state index in [0.29, 0.717) is 22.4 Å². The number of pyridine rings is 1. The fourth-order valence-corrected chi connectivity index (χ4v) is 4.03. The predicted molar refractivity (Wildman–Crippen MR) is 129 cm³/mol. The number of carbonyl (C=O) groups excluding carboxylic acids is 2. The molecule has 4 aromatic rings. The summed E-state index contributed by atoms with van der Waals surface area (Å²) < 4.78 is 41.9. The molecule has 1 heterocycles. The van der Waals surface area contributed by atoms with E-state index in [1.807, 2.05) is 30.3 Å². The molecule has 0 unspecified atom stereocenters. The van der Waals surface area contributed by atoms with Crippen LogP contribution in [0.4, 0.5) is 13.2 Å². The smallest absolute Gasteiger partial charge is 0.251 e. The number of nitrogens with zero attached hydrogens (tertiary/aromatic N) is 1. The van der Waals surface area contributed by atoms with Crippen LogP contribution in [-0.2, 0) is 17.6 Å². The molecule has 0 fully saturated rings. The van der Waals surface area contributed by atoms with Gasteiger partial charge in [0.15, 0.2) is 0 Å². The van der Waals surface area contributed by atoms with Gasteiger partial charge in [-0.3, -0.25) is 14.6 Å². The number of nitrogens with two attached hydrogens (primary N) is 1. The number of amides is 2. The average Bonchev–Trinajstić information content (AvgIpc) is 2.84. The first kappa shape index (κ1) is 24.7. The van der Waals surface area contributed by atoms with Crippen molar-refractivity contribution in [1.29, 1.82) is 0 Å². The van der Waals surface area contributed by atoms with Gasteiger partial charge in [-0.2, -0.15) is 0 Å². The van der Waals surface area contributed by atoms with Gasteiger partial charge in [-0.05, 0) is 53.4 Å². The number of carbonyl (C=O) groups is 2. The van der Waals surface area contributed by atoms with Gasteiger partial charge in [-0.15, -0.1) is 0 Å². The Morgan fingerprint density at radius 1 is 0.861 bits per heavy atom. The molecule has 8 heteroatoms. The predicted octanol–water partition coefficient (Wildman–Crippen LogP) is 4.91. The number of halogens is 3. The van der Waals surface area contributed by atoms with Crippen LogP contribution in [0.1, 0.15) is 33.2 Å². The van der Waals surface area contributed by atoms with Crippen molar-refractivity contribution in [2.75, 3.05) is 0 Å². The van der Waals surface area contributed by atoms with E-state index in [9.17, 15) is 22.8 Å². The number of aromatic nitrogens is 1. The maximum absolute atomic E-state index is 14.1. The minimum atomic E-state index is -0.928. The monoisotopic (exact) mass is 489 g/mol. The first-order valence-corrected chi connectivity index (χ1v) is 11.1. The van der Waals surface area contributed by atoms with Gasteiger partial charge in [-0.1, -0.05) is 42.5 Å². The third-order valence-corrected chi connectivity index (χ3v) is 5.62. The lowest BCUT2D eigenvalue weighted by atomic mass is 9.94. The summed E-state index contributed by atoms with van der Waals surface area (Å²) in [7, 11) is 0. The third-order valence-electron chi connectivity index (χ3n) is 5.62. The second-order valence-corrected chi connectivity index (χ2v) is 8.26. The number of primary amides is 1. The van der Waals surface area contributed by atoms with Gasteiger partial charge in [0.2, 0.25) is 5.91 Å². The molecule has 0 aliphatic heterocycles. The van der Waals surface area contributed by atoms with E-state index in [1.54, 1.807) is 12.1 Å². The van der Waals surface area contributed by atoms with Crippen LogP contribution in [0.2, 0.25) is 0 Å². The van der Waals surface area contributed by atoms with Crippen LogP contribution in [0, 0.1) is 17.5 Å². The van der Waals surface area contributed by atoms with Gasteiger partial charge in [0.25, 0.3) is 5.91 Å². The molecule has 0 saturated heterocycles. The Morgan fingerprint density at radius 3 is 2.28 bits per heavy atom. The van der Waals surface area contributed by atoms with Crippen LogP contribution in [0.25, 0.3) is 11.1 Å². The normalized spacial score (nSPS) is 11.6. The SMILES string of the molecule is NC(=O)c1cc(-c2cccnc2[C@H](Cc2cc(F)cc(F)c2)NC(=O)Cc2ccccc2)ccc1F. The fraction of sp³-hybridized carbons (Fsp3) is 0.107. The minimum Gasteiger partial charge on any atom is -0.366 e. The second-order valence-electron chi connectivity index (χ2n) is 8.26. The summed E-state index contributed by atoms with van der Waals surface area (Å²) in [6.45, 7) is 0. The largest absolute Gasteiger partial charge is 0.366 e. The van der Waals surface area contributed by atoms with Crippen molar-refractivity contribution >= 4 is 11.8 Å². The molecule has 4 rings (SSSR count). The molecule has 1 atom stereocenters. The number of rotatable bonds is 8. The summed E-state index contributed by atoms with van der Waals surface area (Å²) in [5.74, 6) is -3.51. The fourth-order valence-electron chi connectivity index (χ4n) is 4.03. The van der Waals surface area contributed by atoms with E-state index in [2.05, 4.69) is 10.3 Å². The molecule has 0 spiro atoms. The molecule has 0 aliphatic carbocycles. The van der Waals surface area contributed by atoms with E-state index in [4.69, 9.17) is 5.73 Å². The summed E-state index contributed by atoms with van der Waals surface area (Å²) >= 11 is 0. The zero-order valence-electron chi connectivity index (χ0n) is 19.0. The number of hydrogen-bond donors (Lipinski definition) is 2. The van der Waals surface area contributed by atoms with E-state index in [0.717, 1.165) is 17.7 Å². The van der Waals surface area contributed by atoms with E-state index in [1.165, 1.54) is 30.5 Å². The molecule has 0 bridgehead atoms. The summed E-state index contributed by atoms with van der Waals surface area (Å²) in [4.78, 5) is 29.1. The Balaban J connectivity index is 1.74. The van der Waals surface area contributed by atoms with E-state index in [-0.39, 0.29) is 24.3 Å². The molecule has 182 valence electrons. The molecule has 3 N–H and O–H groups in total. The number of hydrogen-bond acceptors (Lipinski definition) is 3. The van der Waals surface area contributed by atoms with Crippen molar-refractivity contribution in [3.63, 3.8) is 0 Å². The van der Waals surface area contributed by atoms with Gasteiger partial charge < -0.3 is 11.1 Å². The molecule has 2 amide bonds. The van der Waals surface area contributed by atoms with Crippen LogP contribution in [-0.4, -0.2) is 16.8 Å². The number of nitrogens with one attached hydrogen (secondary N) is 1. The molecule has 5 nitrogen and oxygen atoms in total. The average molecular weight is 489 g/mol. The van der Waals surface area contributed by atoms with Gasteiger partial charge >= 0.3 is 0 Å². The van der Waals surface area contributed by atoms with Gasteiger partial charge in [0.1, 0.15) is 17.5 Å². The Kier molecular flexibility index (Phi) is 7.44. The minimum absolute atomic E-state index is 0.0308. The van der Waals surface area contributed by atoms with Crippen molar-refractivity contribution in [1.82, 2.24) is 10.3 Å². The van der Waals surface area contributed by atoms with Crippen LogP contribution in [0.5, 0.6) is 0 Å². The highest BCUT2D eigenvalue weighted by atomic mass is 19.1. The molecule has 36 heavy (non-hydrogen) atoms. The Labute approximate surface area is 205 Å². The molecule has 0 saturated carbocycles. The summed E-state index contributed by atoms with van der Waals surface area (Å²) in [5, 5.41) is 2.92. The Hall–Kier alpha value is -4.46. The highest BCUT2D eigenvalue weighted by Crippen LogP contribution is 2.30. The van der Waals surface area contributed by atoms with E-state index < -0.39 is 29.4 Å². The quantitative estimate of drug-likeness (QED) is 0.369. The number of benzene rings is 3. The second kappa shape index (κ2) is 10.9. The molecule has 1 aromatic heterocycles. The van der Waals surface area contributed by atoms with Crippen molar-refractivity contribution in [3.8, 4) is 11.1 Å². The van der Waals surface area contributed by atoms with Crippen molar-refractivity contribution in [2.24, 2.45) is 5.73 Å². The van der Waals surface area contributed by atoms with E-state index >= 15 is 0 Å². The highest BCUT2D eigenvalue weighted by molar-refractivity contribution is 5.94. The van der Waals surface area contributed by atoms with Crippen LogP contribution in [0.3, 0.4) is 0 Å². The maximum Gasteiger partial charge on any atom is 0.251 e. The lowest BCUT2D eigenvalue weighted by Crippen LogP contribution is -2.32. The third kappa shape index (κ3) is 5.96.